The molecule has 0 aliphatic carbocycles. The zero-order valence-corrected chi connectivity index (χ0v) is 18.4. The number of benzene rings is 2. The molecule has 1 amide bonds. The van der Waals surface area contributed by atoms with Crippen LogP contribution in [0.2, 0.25) is 0 Å². The number of amides is 1. The van der Waals surface area contributed by atoms with E-state index in [1.165, 1.54) is 24.3 Å². The van der Waals surface area contributed by atoms with Gasteiger partial charge in [-0.25, -0.2) is 13.6 Å². The standard InChI is InChI=1S/C24H30F2N2O3/c1-16-13-28(21(15-29)14-27(16)23(30)31-24(2,3)4)22(17-5-9-19(25)10-6-17)18-7-11-20(26)12-8-18/h5-12,16,21-22,29H,13-15H2,1-4H3/t16-,21-/m0/s1. The number of piperazine rings is 1. The molecule has 1 fully saturated rings. The maximum absolute atomic E-state index is 13.6. The Kier molecular flexibility index (Phi) is 6.96. The lowest BCUT2D eigenvalue weighted by Gasteiger charge is -2.48. The highest BCUT2D eigenvalue weighted by atomic mass is 19.1. The highest BCUT2D eigenvalue weighted by molar-refractivity contribution is 5.68. The number of aliphatic hydroxyl groups excluding tert-OH is 1. The molecule has 5 nitrogen and oxygen atoms in total. The van der Waals surface area contributed by atoms with Crippen LogP contribution in [0.15, 0.2) is 48.5 Å². The third kappa shape index (κ3) is 5.60. The fourth-order valence-corrected chi connectivity index (χ4v) is 3.98. The van der Waals surface area contributed by atoms with Gasteiger partial charge in [0, 0.05) is 19.1 Å². The third-order valence-electron chi connectivity index (χ3n) is 5.43. The zero-order valence-electron chi connectivity index (χ0n) is 18.4. The smallest absolute Gasteiger partial charge is 0.410 e. The van der Waals surface area contributed by atoms with Gasteiger partial charge in [-0.2, -0.15) is 0 Å². The molecule has 1 N–H and O–H groups in total. The van der Waals surface area contributed by atoms with Crippen LogP contribution in [-0.2, 0) is 4.74 Å². The first-order valence-electron chi connectivity index (χ1n) is 10.5. The predicted octanol–water partition coefficient (Wildman–Crippen LogP) is 4.36. The van der Waals surface area contributed by atoms with Crippen LogP contribution in [0, 0.1) is 11.6 Å². The van der Waals surface area contributed by atoms with Crippen LogP contribution in [0.4, 0.5) is 13.6 Å². The number of carbonyl (C=O) groups is 1. The number of hydrogen-bond donors (Lipinski definition) is 1. The second-order valence-electron chi connectivity index (χ2n) is 9.02. The normalized spacial score (nSPS) is 20.2. The SMILES string of the molecule is C[C@H]1CN(C(c2ccc(F)cc2)c2ccc(F)cc2)[C@H](CO)CN1C(=O)OC(C)(C)C. The van der Waals surface area contributed by atoms with E-state index in [4.69, 9.17) is 4.74 Å². The highest BCUT2D eigenvalue weighted by Crippen LogP contribution is 2.34. The van der Waals surface area contributed by atoms with Crippen LogP contribution < -0.4 is 0 Å². The molecular weight excluding hydrogens is 402 g/mol. The Morgan fingerprint density at radius 2 is 1.52 bits per heavy atom. The number of aliphatic hydroxyl groups is 1. The molecule has 0 radical (unpaired) electrons. The van der Waals surface area contributed by atoms with E-state index in [1.807, 2.05) is 27.7 Å². The molecule has 2 aromatic carbocycles. The minimum atomic E-state index is -0.618. The van der Waals surface area contributed by atoms with E-state index in [-0.39, 0.29) is 42.9 Å². The lowest BCUT2D eigenvalue weighted by Crippen LogP contribution is -2.61. The first-order valence-corrected chi connectivity index (χ1v) is 10.5. The molecule has 0 unspecified atom stereocenters. The third-order valence-corrected chi connectivity index (χ3v) is 5.43. The summed E-state index contributed by atoms with van der Waals surface area (Å²) in [6.07, 6.45) is -0.418. The predicted molar refractivity (Wildman–Crippen MR) is 115 cm³/mol. The quantitative estimate of drug-likeness (QED) is 0.780. The van der Waals surface area contributed by atoms with Crippen LogP contribution in [0.1, 0.15) is 44.9 Å². The molecule has 0 bridgehead atoms. The summed E-state index contributed by atoms with van der Waals surface area (Å²) in [6.45, 7) is 7.94. The van der Waals surface area contributed by atoms with E-state index < -0.39 is 11.7 Å². The molecule has 168 valence electrons. The summed E-state index contributed by atoms with van der Waals surface area (Å²) >= 11 is 0. The molecule has 1 aliphatic rings. The van der Waals surface area contributed by atoms with Crippen LogP contribution in [0.5, 0.6) is 0 Å². The molecule has 7 heteroatoms. The maximum Gasteiger partial charge on any atom is 0.410 e. The van der Waals surface area contributed by atoms with Crippen molar-refractivity contribution in [2.75, 3.05) is 19.7 Å². The second-order valence-corrected chi connectivity index (χ2v) is 9.02. The van der Waals surface area contributed by atoms with Crippen LogP contribution in [0.25, 0.3) is 0 Å². The summed E-state index contributed by atoms with van der Waals surface area (Å²) in [5.41, 5.74) is 1.03. The summed E-state index contributed by atoms with van der Waals surface area (Å²) in [5, 5.41) is 10.2. The summed E-state index contributed by atoms with van der Waals surface area (Å²) < 4.78 is 32.7. The Labute approximate surface area is 182 Å². The molecule has 3 rings (SSSR count). The topological polar surface area (TPSA) is 53.0 Å². The van der Waals surface area contributed by atoms with Gasteiger partial charge in [0.15, 0.2) is 0 Å². The summed E-state index contributed by atoms with van der Waals surface area (Å²) in [5.74, 6) is -0.688. The van der Waals surface area contributed by atoms with Crippen molar-refractivity contribution < 1.29 is 23.4 Å². The highest BCUT2D eigenvalue weighted by Gasteiger charge is 2.39. The van der Waals surface area contributed by atoms with Crippen molar-refractivity contribution in [3.05, 3.63) is 71.3 Å². The van der Waals surface area contributed by atoms with E-state index in [9.17, 15) is 18.7 Å². The van der Waals surface area contributed by atoms with Crippen molar-refractivity contribution in [2.45, 2.75) is 51.4 Å². The van der Waals surface area contributed by atoms with Crippen LogP contribution in [0.3, 0.4) is 0 Å². The van der Waals surface area contributed by atoms with Crippen LogP contribution >= 0.6 is 0 Å². The van der Waals surface area contributed by atoms with Crippen molar-refractivity contribution in [1.29, 1.82) is 0 Å². The fraction of sp³-hybridized carbons (Fsp3) is 0.458. The molecule has 0 saturated carbocycles. The van der Waals surface area contributed by atoms with Gasteiger partial charge in [-0.1, -0.05) is 24.3 Å². The number of ether oxygens (including phenoxy) is 1. The van der Waals surface area contributed by atoms with Gasteiger partial charge in [-0.3, -0.25) is 4.90 Å². The van der Waals surface area contributed by atoms with E-state index in [1.54, 1.807) is 29.2 Å². The van der Waals surface area contributed by atoms with Crippen LogP contribution in [-0.4, -0.2) is 58.4 Å². The second kappa shape index (κ2) is 9.32. The van der Waals surface area contributed by atoms with Crippen molar-refractivity contribution in [3.8, 4) is 0 Å². The Balaban J connectivity index is 1.94. The largest absolute Gasteiger partial charge is 0.444 e. The average molecular weight is 433 g/mol. The van der Waals surface area contributed by atoms with Gasteiger partial charge in [-0.15, -0.1) is 0 Å². The number of hydrogen-bond acceptors (Lipinski definition) is 4. The minimum absolute atomic E-state index is 0.176. The lowest BCUT2D eigenvalue weighted by molar-refractivity contribution is -0.0299. The monoisotopic (exact) mass is 432 g/mol. The molecule has 31 heavy (non-hydrogen) atoms. The molecule has 2 atom stereocenters. The zero-order chi connectivity index (χ0) is 22.8. The van der Waals surface area contributed by atoms with Gasteiger partial charge in [0.25, 0.3) is 0 Å². The summed E-state index contributed by atoms with van der Waals surface area (Å²) in [6, 6.07) is 11.5. The first kappa shape index (κ1) is 23.2. The molecule has 1 aliphatic heterocycles. The Hall–Kier alpha value is -2.51. The van der Waals surface area contributed by atoms with Gasteiger partial charge in [-0.05, 0) is 63.1 Å². The van der Waals surface area contributed by atoms with E-state index in [0.29, 0.717) is 6.54 Å². The fourth-order valence-electron chi connectivity index (χ4n) is 3.98. The molecule has 1 heterocycles. The Bertz CT molecular complexity index is 836. The van der Waals surface area contributed by atoms with Crippen molar-refractivity contribution in [2.24, 2.45) is 0 Å². The number of rotatable bonds is 4. The number of nitrogens with zero attached hydrogens (tertiary/aromatic N) is 2. The molecule has 2 aromatic rings. The van der Waals surface area contributed by atoms with Gasteiger partial charge in [0.1, 0.15) is 17.2 Å². The molecular formula is C24H30F2N2O3. The summed E-state index contributed by atoms with van der Waals surface area (Å²) in [4.78, 5) is 16.4. The van der Waals surface area contributed by atoms with E-state index in [2.05, 4.69) is 4.90 Å². The van der Waals surface area contributed by atoms with Gasteiger partial charge < -0.3 is 14.7 Å². The molecule has 0 spiro atoms. The van der Waals surface area contributed by atoms with Gasteiger partial charge in [0.05, 0.1) is 18.7 Å². The Morgan fingerprint density at radius 1 is 1.03 bits per heavy atom. The maximum atomic E-state index is 13.6. The van der Waals surface area contributed by atoms with Crippen molar-refractivity contribution in [3.63, 3.8) is 0 Å². The Morgan fingerprint density at radius 3 is 1.94 bits per heavy atom. The van der Waals surface area contributed by atoms with Gasteiger partial charge >= 0.3 is 6.09 Å². The molecule has 0 aromatic heterocycles. The minimum Gasteiger partial charge on any atom is -0.444 e. The lowest BCUT2D eigenvalue weighted by atomic mass is 9.93. The van der Waals surface area contributed by atoms with Crippen molar-refractivity contribution in [1.82, 2.24) is 9.80 Å². The first-order chi connectivity index (χ1) is 14.6. The number of carbonyl (C=O) groups excluding carboxylic acids is 1. The van der Waals surface area contributed by atoms with Crippen molar-refractivity contribution >= 4 is 6.09 Å². The van der Waals surface area contributed by atoms with E-state index >= 15 is 0 Å². The average Bonchev–Trinajstić information content (AvgIpc) is 2.70. The van der Waals surface area contributed by atoms with E-state index in [0.717, 1.165) is 11.1 Å². The summed E-state index contributed by atoms with van der Waals surface area (Å²) in [7, 11) is 0. The van der Waals surface area contributed by atoms with Gasteiger partial charge in [0.2, 0.25) is 0 Å². The number of halogens is 2. The molecule has 1 saturated heterocycles.